The van der Waals surface area contributed by atoms with Crippen molar-refractivity contribution < 1.29 is 4.79 Å². The summed E-state index contributed by atoms with van der Waals surface area (Å²) in [4.78, 5) is 15.3. The molecule has 0 fully saturated rings. The molecule has 1 aromatic carbocycles. The molecule has 0 bridgehead atoms. The second-order valence-electron chi connectivity index (χ2n) is 5.96. The number of aliphatic imine (C=N–C) groups is 1. The van der Waals surface area contributed by atoms with Crippen molar-refractivity contribution in [2.45, 2.75) is 43.9 Å². The zero-order chi connectivity index (χ0) is 15.4. The number of nitrogens with zero attached hydrogens (tertiary/aromatic N) is 1. The van der Waals surface area contributed by atoms with E-state index in [1.54, 1.807) is 0 Å². The topological polar surface area (TPSA) is 41.5 Å². The van der Waals surface area contributed by atoms with Crippen LogP contribution in [0.15, 0.2) is 41.4 Å². The van der Waals surface area contributed by atoms with Gasteiger partial charge in [-0.2, -0.15) is 0 Å². The number of rotatable bonds is 5. The molecular formula is C18H22N2OS. The van der Waals surface area contributed by atoms with Gasteiger partial charge < -0.3 is 5.32 Å². The van der Waals surface area contributed by atoms with Gasteiger partial charge in [0.05, 0.1) is 5.25 Å². The van der Waals surface area contributed by atoms with Crippen LogP contribution in [-0.4, -0.2) is 28.8 Å². The second kappa shape index (κ2) is 7.25. The van der Waals surface area contributed by atoms with Gasteiger partial charge in [-0.1, -0.05) is 54.6 Å². The van der Waals surface area contributed by atoms with Crippen LogP contribution in [0.5, 0.6) is 0 Å². The van der Waals surface area contributed by atoms with Crippen LogP contribution in [0.1, 0.15) is 38.2 Å². The maximum Gasteiger partial charge on any atom is 0.305 e. The van der Waals surface area contributed by atoms with Gasteiger partial charge in [-0.3, -0.25) is 4.79 Å². The minimum absolute atomic E-state index is 0.0208. The molecule has 2 atom stereocenters. The van der Waals surface area contributed by atoms with E-state index < -0.39 is 0 Å². The molecule has 0 saturated heterocycles. The summed E-state index contributed by atoms with van der Waals surface area (Å²) in [7, 11) is 0. The maximum absolute atomic E-state index is 11.3. The van der Waals surface area contributed by atoms with Crippen molar-refractivity contribution in [2.24, 2.45) is 4.99 Å². The molecule has 116 valence electrons. The third-order valence-corrected chi connectivity index (χ3v) is 5.52. The molecule has 3 nitrogen and oxygen atoms in total. The van der Waals surface area contributed by atoms with Gasteiger partial charge in [0.1, 0.15) is 0 Å². The van der Waals surface area contributed by atoms with Gasteiger partial charge in [-0.25, -0.2) is 4.99 Å². The van der Waals surface area contributed by atoms with Crippen LogP contribution in [0, 0.1) is 0 Å². The molecule has 22 heavy (non-hydrogen) atoms. The van der Waals surface area contributed by atoms with Gasteiger partial charge in [0, 0.05) is 18.3 Å². The normalized spacial score (nSPS) is 25.0. The summed E-state index contributed by atoms with van der Waals surface area (Å²) in [6, 6.07) is 11.2. The SMILES string of the molecule is CC1=NC(=O)SC1CCCC1CC(c2ccccc2)=CCN1. The zero-order valence-electron chi connectivity index (χ0n) is 12.9. The summed E-state index contributed by atoms with van der Waals surface area (Å²) in [6.07, 6.45) is 6.73. The Morgan fingerprint density at radius 1 is 1.27 bits per heavy atom. The summed E-state index contributed by atoms with van der Waals surface area (Å²) in [5.74, 6) is 0. The van der Waals surface area contributed by atoms with E-state index in [4.69, 9.17) is 0 Å². The Morgan fingerprint density at radius 3 is 2.82 bits per heavy atom. The molecule has 1 N–H and O–H groups in total. The summed E-state index contributed by atoms with van der Waals surface area (Å²) >= 11 is 1.38. The third kappa shape index (κ3) is 3.87. The Morgan fingerprint density at radius 2 is 2.09 bits per heavy atom. The summed E-state index contributed by atoms with van der Waals surface area (Å²) in [5, 5.41) is 3.87. The fourth-order valence-electron chi connectivity index (χ4n) is 3.13. The number of carbonyl (C=O) groups excluding carboxylic acids is 1. The van der Waals surface area contributed by atoms with Gasteiger partial charge in [0.25, 0.3) is 0 Å². The molecule has 3 rings (SSSR count). The van der Waals surface area contributed by atoms with E-state index >= 15 is 0 Å². The first kappa shape index (κ1) is 15.5. The summed E-state index contributed by atoms with van der Waals surface area (Å²) in [5.41, 5.74) is 3.79. The molecule has 0 radical (unpaired) electrons. The predicted octanol–water partition coefficient (Wildman–Crippen LogP) is 4.30. The lowest BCUT2D eigenvalue weighted by atomic mass is 9.92. The first-order valence-electron chi connectivity index (χ1n) is 7.96. The van der Waals surface area contributed by atoms with E-state index in [0.717, 1.165) is 37.9 Å². The number of nitrogens with one attached hydrogen (secondary N) is 1. The molecular weight excluding hydrogens is 292 g/mol. The van der Waals surface area contributed by atoms with Crippen molar-refractivity contribution in [3.63, 3.8) is 0 Å². The lowest BCUT2D eigenvalue weighted by molar-refractivity contribution is 0.268. The fourth-order valence-corrected chi connectivity index (χ4v) is 4.08. The summed E-state index contributed by atoms with van der Waals surface area (Å²) in [6.45, 7) is 2.92. The fraction of sp³-hybridized carbons (Fsp3) is 0.444. The highest BCUT2D eigenvalue weighted by atomic mass is 32.2. The molecule has 2 aliphatic rings. The average Bonchev–Trinajstić information content (AvgIpc) is 2.86. The molecule has 2 unspecified atom stereocenters. The number of carbonyl (C=O) groups is 1. The number of benzene rings is 1. The minimum atomic E-state index is -0.0208. The number of thioether (sulfide) groups is 1. The molecule has 4 heteroatoms. The second-order valence-corrected chi connectivity index (χ2v) is 7.12. The third-order valence-electron chi connectivity index (χ3n) is 4.36. The van der Waals surface area contributed by atoms with Crippen molar-refractivity contribution in [3.8, 4) is 0 Å². The first-order chi connectivity index (χ1) is 10.7. The molecule has 2 aliphatic heterocycles. The average molecular weight is 314 g/mol. The zero-order valence-corrected chi connectivity index (χ0v) is 13.7. The van der Waals surface area contributed by atoms with E-state index in [1.807, 2.05) is 6.92 Å². The molecule has 0 aliphatic carbocycles. The number of hydrogen-bond donors (Lipinski definition) is 1. The van der Waals surface area contributed by atoms with Gasteiger partial charge in [0.2, 0.25) is 0 Å². The monoisotopic (exact) mass is 314 g/mol. The smallest absolute Gasteiger partial charge is 0.305 e. The Balaban J connectivity index is 1.47. The van der Waals surface area contributed by atoms with Gasteiger partial charge in [0.15, 0.2) is 0 Å². The maximum atomic E-state index is 11.3. The van der Waals surface area contributed by atoms with Gasteiger partial charge >= 0.3 is 5.24 Å². The van der Waals surface area contributed by atoms with Crippen LogP contribution in [-0.2, 0) is 0 Å². The lowest BCUT2D eigenvalue weighted by Gasteiger charge is -2.25. The molecule has 0 spiro atoms. The van der Waals surface area contributed by atoms with Crippen molar-refractivity contribution in [3.05, 3.63) is 42.0 Å². The first-order valence-corrected chi connectivity index (χ1v) is 8.84. The Kier molecular flexibility index (Phi) is 5.11. The van der Waals surface area contributed by atoms with Crippen molar-refractivity contribution in [1.82, 2.24) is 5.32 Å². The standard InChI is InChI=1S/C18H22N2OS/c1-13-17(22-18(21)20-13)9-5-8-16-12-15(10-11-19-16)14-6-3-2-4-7-14/h2-4,6-7,10,16-17,19H,5,8-9,11-12H2,1H3. The lowest BCUT2D eigenvalue weighted by Crippen LogP contribution is -2.33. The Bertz CT molecular complexity index is 594. The Hall–Kier alpha value is -1.39. The number of hydrogen-bond acceptors (Lipinski definition) is 3. The quantitative estimate of drug-likeness (QED) is 0.881. The van der Waals surface area contributed by atoms with Crippen LogP contribution in [0.2, 0.25) is 0 Å². The van der Waals surface area contributed by atoms with E-state index in [-0.39, 0.29) is 5.24 Å². The van der Waals surface area contributed by atoms with Crippen molar-refractivity contribution in [1.29, 1.82) is 0 Å². The predicted molar refractivity (Wildman–Crippen MR) is 94.6 cm³/mol. The highest BCUT2D eigenvalue weighted by Gasteiger charge is 2.24. The molecule has 0 aromatic heterocycles. The summed E-state index contributed by atoms with van der Waals surface area (Å²) < 4.78 is 0. The minimum Gasteiger partial charge on any atom is -0.310 e. The van der Waals surface area contributed by atoms with Crippen LogP contribution in [0.25, 0.3) is 5.57 Å². The molecule has 1 amide bonds. The van der Waals surface area contributed by atoms with Crippen molar-refractivity contribution in [2.75, 3.05) is 6.54 Å². The highest BCUT2D eigenvalue weighted by molar-refractivity contribution is 8.15. The molecule has 0 saturated carbocycles. The largest absolute Gasteiger partial charge is 0.310 e. The molecule has 2 heterocycles. The van der Waals surface area contributed by atoms with E-state index in [1.165, 1.54) is 22.9 Å². The van der Waals surface area contributed by atoms with Crippen LogP contribution >= 0.6 is 11.8 Å². The number of amides is 1. The van der Waals surface area contributed by atoms with E-state index in [2.05, 4.69) is 46.7 Å². The van der Waals surface area contributed by atoms with Gasteiger partial charge in [-0.15, -0.1) is 0 Å². The Labute approximate surface area is 136 Å². The van der Waals surface area contributed by atoms with Gasteiger partial charge in [-0.05, 0) is 37.3 Å². The van der Waals surface area contributed by atoms with Crippen LogP contribution in [0.3, 0.4) is 0 Å². The molecule has 1 aromatic rings. The van der Waals surface area contributed by atoms with E-state index in [0.29, 0.717) is 11.3 Å². The highest BCUT2D eigenvalue weighted by Crippen LogP contribution is 2.29. The van der Waals surface area contributed by atoms with Crippen LogP contribution in [0.4, 0.5) is 4.79 Å². The van der Waals surface area contributed by atoms with Crippen molar-refractivity contribution >= 4 is 28.3 Å². The van der Waals surface area contributed by atoms with Crippen LogP contribution < -0.4 is 5.32 Å². The van der Waals surface area contributed by atoms with E-state index in [9.17, 15) is 4.79 Å².